The maximum atomic E-state index is 13.6. The van der Waals surface area contributed by atoms with Gasteiger partial charge < -0.3 is 19.9 Å². The molecule has 4 rings (SSSR count). The number of hydrogen-bond acceptors (Lipinski definition) is 6. The van der Waals surface area contributed by atoms with E-state index >= 15 is 0 Å². The van der Waals surface area contributed by atoms with Crippen LogP contribution in [0.15, 0.2) is 76.1 Å². The molecule has 11 heteroatoms. The van der Waals surface area contributed by atoms with Crippen LogP contribution in [0.1, 0.15) is 26.3 Å². The highest BCUT2D eigenvalue weighted by atomic mass is 79.9. The fraction of sp³-hybridized carbons (Fsp3) is 0.0741. The van der Waals surface area contributed by atoms with Crippen molar-refractivity contribution in [3.8, 4) is 22.9 Å². The molecular weight excluding hydrogens is 599 g/mol. The molecule has 4 aromatic rings. The SMILES string of the molecule is COc1ccc(Cl)cc1NC(=O)c1cc(C(=O)c2cc(Br)ccc2O)cn(-c2cc(Cl)ccc2OC)c1=O. The summed E-state index contributed by atoms with van der Waals surface area (Å²) in [4.78, 5) is 40.5. The third kappa shape index (κ3) is 5.55. The van der Waals surface area contributed by atoms with Crippen molar-refractivity contribution in [2.75, 3.05) is 19.5 Å². The first-order valence-corrected chi connectivity index (χ1v) is 12.5. The van der Waals surface area contributed by atoms with Gasteiger partial charge in [0.25, 0.3) is 11.5 Å². The first-order chi connectivity index (χ1) is 18.1. The topological polar surface area (TPSA) is 107 Å². The Labute approximate surface area is 235 Å². The van der Waals surface area contributed by atoms with Gasteiger partial charge in [-0.05, 0) is 60.7 Å². The van der Waals surface area contributed by atoms with Gasteiger partial charge in [0.2, 0.25) is 0 Å². The predicted molar refractivity (Wildman–Crippen MR) is 149 cm³/mol. The minimum atomic E-state index is -0.821. The summed E-state index contributed by atoms with van der Waals surface area (Å²) < 4.78 is 12.3. The molecule has 1 heterocycles. The van der Waals surface area contributed by atoms with Gasteiger partial charge in [-0.1, -0.05) is 39.1 Å². The number of nitrogens with one attached hydrogen (secondary N) is 1. The van der Waals surface area contributed by atoms with E-state index in [0.29, 0.717) is 20.3 Å². The maximum absolute atomic E-state index is 13.6. The van der Waals surface area contributed by atoms with Crippen LogP contribution in [-0.4, -0.2) is 35.6 Å². The number of amides is 1. The van der Waals surface area contributed by atoms with Crippen molar-refractivity contribution < 1.29 is 24.2 Å². The van der Waals surface area contributed by atoms with E-state index in [1.54, 1.807) is 30.3 Å². The Morgan fingerprint density at radius 2 is 1.55 bits per heavy atom. The number of phenols is 1. The quantitative estimate of drug-likeness (QED) is 0.242. The summed E-state index contributed by atoms with van der Waals surface area (Å²) in [6.45, 7) is 0. The van der Waals surface area contributed by atoms with Crippen molar-refractivity contribution in [3.05, 3.63) is 108 Å². The summed E-state index contributed by atoms with van der Waals surface area (Å²) in [6.07, 6.45) is 1.26. The van der Waals surface area contributed by atoms with Gasteiger partial charge in [-0.15, -0.1) is 0 Å². The number of nitrogens with zero attached hydrogens (tertiary/aromatic N) is 1. The molecule has 0 spiro atoms. The van der Waals surface area contributed by atoms with Crippen molar-refractivity contribution in [1.29, 1.82) is 0 Å². The number of benzene rings is 3. The average Bonchev–Trinajstić information content (AvgIpc) is 2.90. The molecule has 0 atom stereocenters. The first kappa shape index (κ1) is 27.3. The molecule has 38 heavy (non-hydrogen) atoms. The summed E-state index contributed by atoms with van der Waals surface area (Å²) in [6, 6.07) is 14.7. The number of pyridine rings is 1. The van der Waals surface area contributed by atoms with Crippen LogP contribution in [0.2, 0.25) is 10.0 Å². The van der Waals surface area contributed by atoms with Gasteiger partial charge >= 0.3 is 0 Å². The number of rotatable bonds is 7. The van der Waals surface area contributed by atoms with Gasteiger partial charge in [-0.25, -0.2) is 0 Å². The van der Waals surface area contributed by atoms with E-state index in [1.165, 1.54) is 44.7 Å². The zero-order chi connectivity index (χ0) is 27.6. The van der Waals surface area contributed by atoms with E-state index in [-0.39, 0.29) is 39.6 Å². The zero-order valence-electron chi connectivity index (χ0n) is 19.9. The summed E-state index contributed by atoms with van der Waals surface area (Å²) in [5, 5.41) is 13.6. The monoisotopic (exact) mass is 616 g/mol. The van der Waals surface area contributed by atoms with Crippen LogP contribution in [0.25, 0.3) is 5.69 Å². The summed E-state index contributed by atoms with van der Waals surface area (Å²) in [5.74, 6) is -1.14. The lowest BCUT2D eigenvalue weighted by atomic mass is 10.0. The number of aromatic hydroxyl groups is 1. The Morgan fingerprint density at radius 1 is 0.895 bits per heavy atom. The van der Waals surface area contributed by atoms with E-state index in [0.717, 1.165) is 10.6 Å². The maximum Gasteiger partial charge on any atom is 0.268 e. The fourth-order valence-electron chi connectivity index (χ4n) is 3.71. The molecule has 0 bridgehead atoms. The number of methoxy groups -OCH3 is 2. The van der Waals surface area contributed by atoms with Gasteiger partial charge in [-0.2, -0.15) is 0 Å². The highest BCUT2D eigenvalue weighted by molar-refractivity contribution is 9.10. The number of carbonyl (C=O) groups is 2. The highest BCUT2D eigenvalue weighted by Gasteiger charge is 2.23. The van der Waals surface area contributed by atoms with Crippen LogP contribution < -0.4 is 20.3 Å². The fourth-order valence-corrected chi connectivity index (χ4v) is 4.41. The summed E-state index contributed by atoms with van der Waals surface area (Å²) in [5.41, 5.74) is -0.785. The Morgan fingerprint density at radius 3 is 2.24 bits per heavy atom. The van der Waals surface area contributed by atoms with Crippen molar-refractivity contribution in [2.45, 2.75) is 0 Å². The molecule has 8 nitrogen and oxygen atoms in total. The normalized spacial score (nSPS) is 10.7. The molecule has 0 radical (unpaired) electrons. The average molecular weight is 618 g/mol. The van der Waals surface area contributed by atoms with Gasteiger partial charge in [0.05, 0.1) is 31.2 Å². The van der Waals surface area contributed by atoms with Gasteiger partial charge in [0, 0.05) is 26.3 Å². The number of anilines is 1. The van der Waals surface area contributed by atoms with Crippen LogP contribution in [0.4, 0.5) is 5.69 Å². The number of ether oxygens (including phenoxy) is 2. The van der Waals surface area contributed by atoms with Crippen LogP contribution >= 0.6 is 39.1 Å². The molecule has 0 saturated carbocycles. The third-order valence-electron chi connectivity index (χ3n) is 5.54. The molecule has 0 aliphatic carbocycles. The Bertz CT molecular complexity index is 1640. The Hall–Kier alpha value is -3.79. The smallest absolute Gasteiger partial charge is 0.268 e. The highest BCUT2D eigenvalue weighted by Crippen LogP contribution is 2.30. The van der Waals surface area contributed by atoms with Gasteiger partial charge in [-0.3, -0.25) is 19.0 Å². The van der Waals surface area contributed by atoms with Crippen LogP contribution in [-0.2, 0) is 0 Å². The van der Waals surface area contributed by atoms with Gasteiger partial charge in [0.1, 0.15) is 22.8 Å². The van der Waals surface area contributed by atoms with E-state index in [4.69, 9.17) is 32.7 Å². The number of aromatic nitrogens is 1. The second-order valence-corrected chi connectivity index (χ2v) is 9.71. The molecule has 2 N–H and O–H groups in total. The lowest BCUT2D eigenvalue weighted by molar-refractivity contribution is 0.102. The van der Waals surface area contributed by atoms with E-state index < -0.39 is 17.2 Å². The molecule has 3 aromatic carbocycles. The zero-order valence-corrected chi connectivity index (χ0v) is 23.0. The largest absolute Gasteiger partial charge is 0.507 e. The molecule has 0 saturated heterocycles. The molecular formula is C27H19BrCl2N2O6. The van der Waals surface area contributed by atoms with Crippen molar-refractivity contribution >= 4 is 56.5 Å². The van der Waals surface area contributed by atoms with Crippen molar-refractivity contribution in [1.82, 2.24) is 4.57 Å². The molecule has 1 amide bonds. The second kappa shape index (κ2) is 11.3. The van der Waals surface area contributed by atoms with E-state index in [1.807, 2.05) is 0 Å². The van der Waals surface area contributed by atoms with Crippen LogP contribution in [0, 0.1) is 0 Å². The number of phenolic OH excluding ortho intramolecular Hbond substituents is 1. The molecule has 194 valence electrons. The number of carbonyl (C=O) groups excluding carboxylic acids is 2. The van der Waals surface area contributed by atoms with Crippen LogP contribution in [0.5, 0.6) is 17.2 Å². The van der Waals surface area contributed by atoms with Crippen molar-refractivity contribution in [3.63, 3.8) is 0 Å². The standard InChI is InChI=1S/C27H19BrCl2N2O6/c1-37-23-7-4-16(29)11-20(23)31-26(35)19-9-14(25(34)18-10-15(28)3-6-22(18)33)13-32(27(19)36)21-12-17(30)5-8-24(21)38-2/h3-13,33H,1-2H3,(H,31,35). The van der Waals surface area contributed by atoms with Crippen molar-refractivity contribution in [2.24, 2.45) is 0 Å². The molecule has 0 aliphatic heterocycles. The minimum absolute atomic E-state index is 0.0366. The number of hydrogen-bond donors (Lipinski definition) is 2. The minimum Gasteiger partial charge on any atom is -0.507 e. The molecule has 0 unspecified atom stereocenters. The van der Waals surface area contributed by atoms with E-state index in [9.17, 15) is 19.5 Å². The van der Waals surface area contributed by atoms with E-state index in [2.05, 4.69) is 21.2 Å². The third-order valence-corrected chi connectivity index (χ3v) is 6.50. The Kier molecular flexibility index (Phi) is 8.11. The summed E-state index contributed by atoms with van der Waals surface area (Å²) in [7, 11) is 2.83. The second-order valence-electron chi connectivity index (χ2n) is 7.92. The van der Waals surface area contributed by atoms with Crippen LogP contribution in [0.3, 0.4) is 0 Å². The summed E-state index contributed by atoms with van der Waals surface area (Å²) >= 11 is 15.6. The lowest BCUT2D eigenvalue weighted by Gasteiger charge is -2.16. The number of halogens is 3. The Balaban J connectivity index is 1.93. The number of ketones is 1. The van der Waals surface area contributed by atoms with Gasteiger partial charge in [0.15, 0.2) is 5.78 Å². The lowest BCUT2D eigenvalue weighted by Crippen LogP contribution is -2.30. The molecule has 0 fully saturated rings. The molecule has 0 aliphatic rings. The molecule has 1 aromatic heterocycles. The predicted octanol–water partition coefficient (Wildman–Crippen LogP) is 6.11. The first-order valence-electron chi connectivity index (χ1n) is 10.9.